The van der Waals surface area contributed by atoms with Gasteiger partial charge in [-0.15, -0.1) is 0 Å². The molecule has 3 rings (SSSR count). The highest BCUT2D eigenvalue weighted by Gasteiger charge is 2.52. The second kappa shape index (κ2) is 14.7. The van der Waals surface area contributed by atoms with Crippen molar-refractivity contribution in [3.05, 3.63) is 35.9 Å². The van der Waals surface area contributed by atoms with E-state index in [0.29, 0.717) is 30.2 Å². The van der Waals surface area contributed by atoms with Crippen LogP contribution in [0.3, 0.4) is 0 Å². The van der Waals surface area contributed by atoms with Crippen LogP contribution < -0.4 is 0 Å². The molecule has 5 atom stereocenters. The summed E-state index contributed by atoms with van der Waals surface area (Å²) in [6.45, 7) is 9.29. The molecule has 0 N–H and O–H groups in total. The van der Waals surface area contributed by atoms with Gasteiger partial charge in [-0.3, -0.25) is 4.79 Å². The number of halogens is 1. The third-order valence-corrected chi connectivity index (χ3v) is 9.14. The Morgan fingerprint density at radius 1 is 1.05 bits per heavy atom. The summed E-state index contributed by atoms with van der Waals surface area (Å²) in [6.07, 6.45) is 9.48. The predicted molar refractivity (Wildman–Crippen MR) is 153 cm³/mol. The molecule has 2 saturated carbocycles. The van der Waals surface area contributed by atoms with Crippen molar-refractivity contribution in [3.8, 4) is 0 Å². The van der Waals surface area contributed by atoms with Gasteiger partial charge in [0.25, 0.3) is 5.41 Å². The van der Waals surface area contributed by atoms with Gasteiger partial charge in [-0.25, -0.2) is 9.18 Å². The summed E-state index contributed by atoms with van der Waals surface area (Å²) >= 11 is 0. The van der Waals surface area contributed by atoms with E-state index in [1.165, 1.54) is 12.8 Å². The zero-order chi connectivity index (χ0) is 27.6. The molecule has 214 valence electrons. The summed E-state index contributed by atoms with van der Waals surface area (Å²) in [5.74, 6) is -0.351. The quantitative estimate of drug-likeness (QED) is 0.131. The van der Waals surface area contributed by atoms with Crippen LogP contribution in [0.25, 0.3) is 0 Å². The van der Waals surface area contributed by atoms with E-state index in [2.05, 4.69) is 18.7 Å². The molecule has 0 heterocycles. The van der Waals surface area contributed by atoms with E-state index in [0.717, 1.165) is 64.6 Å². The van der Waals surface area contributed by atoms with Crippen molar-refractivity contribution in [1.29, 1.82) is 0 Å². The number of rotatable bonds is 15. The van der Waals surface area contributed by atoms with Crippen molar-refractivity contribution in [2.24, 2.45) is 17.3 Å². The first-order valence-electron chi connectivity index (χ1n) is 14.9. The Balaban J connectivity index is 1.69. The molecule has 0 amide bonds. The van der Waals surface area contributed by atoms with Gasteiger partial charge in [-0.1, -0.05) is 86.0 Å². The predicted octanol–water partition coefficient (Wildman–Crippen LogP) is 7.25. The van der Waals surface area contributed by atoms with Gasteiger partial charge in [0.1, 0.15) is 0 Å². The number of carbonyl (C=O) groups excluding carboxylic acids is 2. The Labute approximate surface area is 231 Å². The average molecular weight is 550 g/mol. The first-order valence-corrected chi connectivity index (χ1v) is 15.5. The lowest BCUT2D eigenvalue weighted by atomic mass is 9.60. The summed E-state index contributed by atoms with van der Waals surface area (Å²) in [7, 11) is 2.00. The van der Waals surface area contributed by atoms with E-state index < -0.39 is 22.9 Å². The number of benzene rings is 1. The summed E-state index contributed by atoms with van der Waals surface area (Å²) in [5, 5.41) is -2.58. The van der Waals surface area contributed by atoms with Gasteiger partial charge < -0.3 is 14.4 Å². The molecule has 38 heavy (non-hydrogen) atoms. The lowest BCUT2D eigenvalue weighted by Crippen LogP contribution is -2.45. The van der Waals surface area contributed by atoms with Gasteiger partial charge in [-0.05, 0) is 75.4 Å². The molecule has 2 bridgehead atoms. The van der Waals surface area contributed by atoms with E-state index in [9.17, 15) is 9.59 Å². The minimum absolute atomic E-state index is 0.128. The van der Waals surface area contributed by atoms with Crippen LogP contribution in [-0.4, -0.2) is 48.5 Å². The zero-order valence-corrected chi connectivity index (χ0v) is 24.9. The first kappa shape index (κ1) is 31.0. The lowest BCUT2D eigenvalue weighted by molar-refractivity contribution is -0.179. The smallest absolute Gasteiger partial charge is 0.352 e. The highest BCUT2D eigenvalue weighted by atomic mass is 31.0. The topological polar surface area (TPSA) is 55.8 Å². The maximum absolute atomic E-state index is 16.3. The molecular formula is C31H49FNO4P. The fourth-order valence-corrected chi connectivity index (χ4v) is 6.87. The fraction of sp³-hybridized carbons (Fsp3) is 0.742. The average Bonchev–Trinajstić information content (AvgIpc) is 2.92. The number of hydrogen-bond acceptors (Lipinski definition) is 5. The molecule has 0 aliphatic heterocycles. The molecular weight excluding hydrogens is 500 g/mol. The molecule has 2 fully saturated rings. The van der Waals surface area contributed by atoms with Crippen molar-refractivity contribution >= 4 is 21.2 Å². The molecule has 5 nitrogen and oxygen atoms in total. The van der Waals surface area contributed by atoms with Gasteiger partial charge in [0.15, 0.2) is 6.10 Å². The van der Waals surface area contributed by atoms with Crippen LogP contribution in [0, 0.1) is 17.3 Å². The number of alkyl halides is 1. The zero-order valence-electron chi connectivity index (χ0n) is 23.8. The normalized spacial score (nSPS) is 25.4. The molecule has 0 saturated heterocycles. The number of fused-ring (bicyclic) bond motifs is 2. The molecule has 2 aliphatic rings. The summed E-state index contributed by atoms with van der Waals surface area (Å²) in [4.78, 5) is 29.2. The molecule has 5 unspecified atom stereocenters. The highest BCUT2D eigenvalue weighted by Crippen LogP contribution is 2.52. The Morgan fingerprint density at radius 2 is 1.71 bits per heavy atom. The van der Waals surface area contributed by atoms with Crippen LogP contribution >= 0.6 is 9.24 Å². The van der Waals surface area contributed by atoms with Gasteiger partial charge in [0, 0.05) is 6.54 Å². The molecule has 7 heteroatoms. The molecule has 2 aliphatic carbocycles. The standard InChI is InChI=1S/C31H49FNO4P/c1-4-7-18-33(17-5-2)19-12-20-36-29(35)31(32,38)27(26-15-9-8-10-16-26)37-28(34)30(6-3)22-24-13-11-14-25(21-24)23-30/h8-10,15-16,24-25,27H,4-7,11-14,17-23,38H2,1-3H3. The Bertz CT molecular complexity index is 868. The van der Waals surface area contributed by atoms with Crippen molar-refractivity contribution in [3.63, 3.8) is 0 Å². The fourth-order valence-electron chi connectivity index (χ4n) is 6.52. The van der Waals surface area contributed by atoms with Crippen molar-refractivity contribution in [1.82, 2.24) is 4.90 Å². The minimum Gasteiger partial charge on any atom is -0.463 e. The van der Waals surface area contributed by atoms with Gasteiger partial charge in [-0.2, -0.15) is 0 Å². The number of nitrogens with zero attached hydrogens (tertiary/aromatic N) is 1. The van der Waals surface area contributed by atoms with Crippen LogP contribution in [0.2, 0.25) is 0 Å². The Hall–Kier alpha value is -1.52. The number of hydrogen-bond donors (Lipinski definition) is 0. The van der Waals surface area contributed by atoms with Crippen molar-refractivity contribution in [2.45, 2.75) is 103 Å². The molecule has 1 aromatic rings. The third kappa shape index (κ3) is 8.01. The second-order valence-corrected chi connectivity index (χ2v) is 12.4. The lowest BCUT2D eigenvalue weighted by Gasteiger charge is -2.46. The van der Waals surface area contributed by atoms with Gasteiger partial charge in [0.2, 0.25) is 0 Å². The third-order valence-electron chi connectivity index (χ3n) is 8.60. The monoisotopic (exact) mass is 549 g/mol. The van der Waals surface area contributed by atoms with E-state index in [-0.39, 0.29) is 12.6 Å². The van der Waals surface area contributed by atoms with Crippen LogP contribution in [0.4, 0.5) is 4.39 Å². The summed E-state index contributed by atoms with van der Waals surface area (Å²) in [5.41, 5.74) is -0.168. The number of ether oxygens (including phenoxy) is 2. The minimum atomic E-state index is -2.58. The Kier molecular flexibility index (Phi) is 12.0. The largest absolute Gasteiger partial charge is 0.463 e. The number of esters is 2. The maximum atomic E-state index is 16.3. The van der Waals surface area contributed by atoms with Crippen LogP contribution in [0.1, 0.15) is 103 Å². The molecule has 0 spiro atoms. The van der Waals surface area contributed by atoms with E-state index >= 15 is 4.39 Å². The van der Waals surface area contributed by atoms with Crippen molar-refractivity contribution in [2.75, 3.05) is 26.2 Å². The highest BCUT2D eigenvalue weighted by molar-refractivity contribution is 7.20. The van der Waals surface area contributed by atoms with E-state index in [1.807, 2.05) is 22.2 Å². The second-order valence-electron chi connectivity index (χ2n) is 11.6. The van der Waals surface area contributed by atoms with E-state index in [1.54, 1.807) is 24.3 Å². The Morgan fingerprint density at radius 3 is 2.32 bits per heavy atom. The van der Waals surface area contributed by atoms with Crippen LogP contribution in [-0.2, 0) is 19.1 Å². The van der Waals surface area contributed by atoms with Crippen molar-refractivity contribution < 1.29 is 23.5 Å². The van der Waals surface area contributed by atoms with Gasteiger partial charge >= 0.3 is 11.9 Å². The van der Waals surface area contributed by atoms with Crippen LogP contribution in [0.5, 0.6) is 0 Å². The summed E-state index contributed by atoms with van der Waals surface area (Å²) in [6, 6.07) is 8.76. The summed E-state index contributed by atoms with van der Waals surface area (Å²) < 4.78 is 27.7. The molecule has 0 radical (unpaired) electrons. The number of unbranched alkanes of at least 4 members (excludes halogenated alkanes) is 1. The maximum Gasteiger partial charge on any atom is 0.352 e. The van der Waals surface area contributed by atoms with E-state index in [4.69, 9.17) is 9.47 Å². The number of carbonyl (C=O) groups is 2. The molecule has 1 aromatic carbocycles. The molecule has 0 aromatic heterocycles. The SMILES string of the molecule is CCCCN(CCC)CCCOC(=O)C(F)(P)C(OC(=O)C1(CC)CC2CCCC(C2)C1)c1ccccc1. The van der Waals surface area contributed by atoms with Crippen LogP contribution in [0.15, 0.2) is 30.3 Å². The first-order chi connectivity index (χ1) is 18.3. The van der Waals surface area contributed by atoms with Gasteiger partial charge in [0.05, 0.1) is 12.0 Å².